The number of carbonyl (C=O) groups excluding carboxylic acids is 1. The van der Waals surface area contributed by atoms with Gasteiger partial charge in [0.15, 0.2) is 0 Å². The van der Waals surface area contributed by atoms with Crippen molar-refractivity contribution in [3.63, 3.8) is 0 Å². The molecule has 19 heavy (non-hydrogen) atoms. The molecule has 2 aromatic heterocycles. The summed E-state index contributed by atoms with van der Waals surface area (Å²) in [5.41, 5.74) is 2.35. The molecule has 1 saturated heterocycles. The summed E-state index contributed by atoms with van der Waals surface area (Å²) in [5.74, 6) is -0.337. The molecule has 1 aliphatic heterocycles. The highest BCUT2D eigenvalue weighted by atomic mass is 16.5. The zero-order valence-electron chi connectivity index (χ0n) is 10.8. The third kappa shape index (κ3) is 2.46. The molecule has 0 aromatic carbocycles. The third-order valence-electron chi connectivity index (χ3n) is 3.38. The fraction of sp³-hybridized carbons (Fsp3) is 0.429. The zero-order valence-corrected chi connectivity index (χ0v) is 10.8. The molecular formula is C14H16N2O3. The molecule has 0 amide bonds. The van der Waals surface area contributed by atoms with Crippen molar-refractivity contribution < 1.29 is 14.3 Å². The maximum Gasteiger partial charge on any atom is 0.339 e. The van der Waals surface area contributed by atoms with Crippen LogP contribution in [0, 0.1) is 0 Å². The van der Waals surface area contributed by atoms with Gasteiger partial charge in [-0.05, 0) is 25.0 Å². The van der Waals surface area contributed by atoms with Crippen LogP contribution < -0.4 is 0 Å². The summed E-state index contributed by atoms with van der Waals surface area (Å²) in [6, 6.07) is 3.55. The number of aromatic nitrogens is 2. The van der Waals surface area contributed by atoms with E-state index >= 15 is 0 Å². The molecule has 0 spiro atoms. The van der Waals surface area contributed by atoms with Gasteiger partial charge < -0.3 is 13.9 Å². The molecule has 0 aliphatic carbocycles. The Hall–Kier alpha value is -1.88. The maximum atomic E-state index is 11.5. The van der Waals surface area contributed by atoms with Gasteiger partial charge in [-0.1, -0.05) is 0 Å². The third-order valence-corrected chi connectivity index (χ3v) is 3.38. The fourth-order valence-electron chi connectivity index (χ4n) is 2.42. The molecule has 3 rings (SSSR count). The number of ether oxygens (including phenoxy) is 2. The fourth-order valence-corrected chi connectivity index (χ4v) is 2.42. The second kappa shape index (κ2) is 5.01. The average Bonchev–Trinajstić information content (AvgIpc) is 3.05. The Morgan fingerprint density at radius 3 is 3.16 bits per heavy atom. The van der Waals surface area contributed by atoms with Crippen molar-refractivity contribution >= 4 is 11.6 Å². The average molecular weight is 260 g/mol. The smallest absolute Gasteiger partial charge is 0.339 e. The molecule has 1 atom stereocenters. The number of carbonyl (C=O) groups is 1. The Balaban J connectivity index is 1.85. The van der Waals surface area contributed by atoms with Crippen LogP contribution >= 0.6 is 0 Å². The van der Waals surface area contributed by atoms with Crippen LogP contribution in [0.1, 0.15) is 28.9 Å². The quantitative estimate of drug-likeness (QED) is 0.790. The highest BCUT2D eigenvalue weighted by molar-refractivity contribution is 5.89. The predicted molar refractivity (Wildman–Crippen MR) is 69.2 cm³/mol. The molecular weight excluding hydrogens is 244 g/mol. The number of hydrogen-bond donors (Lipinski definition) is 0. The summed E-state index contributed by atoms with van der Waals surface area (Å²) in [6.07, 6.45) is 7.03. The number of hydrogen-bond acceptors (Lipinski definition) is 4. The molecule has 1 fully saturated rings. The van der Waals surface area contributed by atoms with Crippen LogP contribution in [-0.2, 0) is 15.9 Å². The first-order valence-corrected chi connectivity index (χ1v) is 6.44. The van der Waals surface area contributed by atoms with Crippen LogP contribution in [0.3, 0.4) is 0 Å². The van der Waals surface area contributed by atoms with Crippen molar-refractivity contribution in [2.45, 2.75) is 25.4 Å². The lowest BCUT2D eigenvalue weighted by Gasteiger charge is -2.05. The zero-order chi connectivity index (χ0) is 13.2. The van der Waals surface area contributed by atoms with E-state index in [4.69, 9.17) is 9.47 Å². The topological polar surface area (TPSA) is 52.8 Å². The predicted octanol–water partition coefficient (Wildman–Crippen LogP) is 1.84. The minimum Gasteiger partial charge on any atom is -0.465 e. The summed E-state index contributed by atoms with van der Waals surface area (Å²) in [6.45, 7) is 0.852. The Kier molecular flexibility index (Phi) is 3.21. The first-order chi connectivity index (χ1) is 9.26. The molecule has 1 unspecified atom stereocenters. The largest absolute Gasteiger partial charge is 0.465 e. The number of rotatable bonds is 3. The molecule has 0 N–H and O–H groups in total. The molecule has 0 saturated carbocycles. The van der Waals surface area contributed by atoms with Crippen LogP contribution in [-0.4, -0.2) is 35.2 Å². The van der Waals surface area contributed by atoms with Gasteiger partial charge in [0.05, 0.1) is 24.5 Å². The van der Waals surface area contributed by atoms with Crippen molar-refractivity contribution in [1.29, 1.82) is 0 Å². The number of esters is 1. The van der Waals surface area contributed by atoms with Crippen LogP contribution in [0.2, 0.25) is 0 Å². The normalized spacial score (nSPS) is 18.9. The number of imidazole rings is 1. The van der Waals surface area contributed by atoms with Crippen LogP contribution in [0.15, 0.2) is 24.5 Å². The van der Waals surface area contributed by atoms with Crippen LogP contribution in [0.4, 0.5) is 0 Å². The lowest BCUT2D eigenvalue weighted by molar-refractivity contribution is 0.0600. The van der Waals surface area contributed by atoms with Gasteiger partial charge in [-0.2, -0.15) is 0 Å². The number of pyridine rings is 1. The second-order valence-electron chi connectivity index (χ2n) is 4.75. The Morgan fingerprint density at radius 1 is 1.53 bits per heavy atom. The van der Waals surface area contributed by atoms with E-state index in [1.165, 1.54) is 7.11 Å². The second-order valence-corrected chi connectivity index (χ2v) is 4.75. The van der Waals surface area contributed by atoms with E-state index in [9.17, 15) is 4.79 Å². The highest BCUT2D eigenvalue weighted by Gasteiger charge is 2.17. The van der Waals surface area contributed by atoms with Crippen LogP contribution in [0.5, 0.6) is 0 Å². The summed E-state index contributed by atoms with van der Waals surface area (Å²) in [5, 5.41) is 0. The molecule has 5 heteroatoms. The first kappa shape index (κ1) is 12.2. The lowest BCUT2D eigenvalue weighted by Crippen LogP contribution is -2.08. The lowest BCUT2D eigenvalue weighted by atomic mass is 10.1. The summed E-state index contributed by atoms with van der Waals surface area (Å²) < 4.78 is 12.2. The van der Waals surface area contributed by atoms with Gasteiger partial charge in [0, 0.05) is 25.4 Å². The van der Waals surface area contributed by atoms with Gasteiger partial charge in [0.1, 0.15) is 5.65 Å². The summed E-state index contributed by atoms with van der Waals surface area (Å²) in [4.78, 5) is 16.0. The van der Waals surface area contributed by atoms with Crippen molar-refractivity contribution in [3.05, 3.63) is 35.8 Å². The molecule has 0 bridgehead atoms. The van der Waals surface area contributed by atoms with Crippen molar-refractivity contribution in [3.8, 4) is 0 Å². The molecule has 100 valence electrons. The molecule has 2 aromatic rings. The van der Waals surface area contributed by atoms with Gasteiger partial charge in [0.25, 0.3) is 0 Å². The van der Waals surface area contributed by atoms with Crippen molar-refractivity contribution in [2.75, 3.05) is 13.7 Å². The minimum atomic E-state index is -0.337. The van der Waals surface area contributed by atoms with Gasteiger partial charge in [-0.3, -0.25) is 0 Å². The van der Waals surface area contributed by atoms with E-state index in [-0.39, 0.29) is 12.1 Å². The number of methoxy groups -OCH3 is 1. The van der Waals surface area contributed by atoms with Crippen LogP contribution in [0.25, 0.3) is 5.65 Å². The van der Waals surface area contributed by atoms with E-state index in [0.29, 0.717) is 5.56 Å². The van der Waals surface area contributed by atoms with E-state index < -0.39 is 0 Å². The van der Waals surface area contributed by atoms with E-state index in [1.54, 1.807) is 12.3 Å². The highest BCUT2D eigenvalue weighted by Crippen LogP contribution is 2.17. The monoisotopic (exact) mass is 260 g/mol. The molecule has 1 aliphatic rings. The van der Waals surface area contributed by atoms with Crippen molar-refractivity contribution in [1.82, 2.24) is 9.38 Å². The number of fused-ring (bicyclic) bond motifs is 1. The molecule has 0 radical (unpaired) electrons. The standard InChI is InChI=1S/C14H16N2O3/c1-18-14(17)10-4-5-13-15-11(9-16(13)8-10)7-12-3-2-6-19-12/h4-5,8-9,12H,2-3,6-7H2,1H3. The van der Waals surface area contributed by atoms with Crippen molar-refractivity contribution in [2.24, 2.45) is 0 Å². The van der Waals surface area contributed by atoms with E-state index in [0.717, 1.165) is 37.2 Å². The number of nitrogens with zero attached hydrogens (tertiary/aromatic N) is 2. The van der Waals surface area contributed by atoms with Gasteiger partial charge >= 0.3 is 5.97 Å². The molecule has 5 nitrogen and oxygen atoms in total. The maximum absolute atomic E-state index is 11.5. The van der Waals surface area contributed by atoms with Gasteiger partial charge in [-0.15, -0.1) is 0 Å². The summed E-state index contributed by atoms with van der Waals surface area (Å²) in [7, 11) is 1.38. The Bertz CT molecular complexity index is 600. The molecule has 3 heterocycles. The van der Waals surface area contributed by atoms with E-state index in [1.807, 2.05) is 16.7 Å². The minimum absolute atomic E-state index is 0.282. The van der Waals surface area contributed by atoms with Gasteiger partial charge in [0.2, 0.25) is 0 Å². The SMILES string of the molecule is COC(=O)c1ccc2nc(CC3CCCO3)cn2c1. The summed E-state index contributed by atoms with van der Waals surface area (Å²) >= 11 is 0. The van der Waals surface area contributed by atoms with Gasteiger partial charge in [-0.25, -0.2) is 9.78 Å². The Morgan fingerprint density at radius 2 is 2.42 bits per heavy atom. The first-order valence-electron chi connectivity index (χ1n) is 6.44. The Labute approximate surface area is 111 Å². The van der Waals surface area contributed by atoms with E-state index in [2.05, 4.69) is 4.98 Å².